The zero-order valence-corrected chi connectivity index (χ0v) is 9.99. The molecule has 2 nitrogen and oxygen atoms in total. The van der Waals surface area contributed by atoms with Crippen LogP contribution in [0.25, 0.3) is 0 Å². The van der Waals surface area contributed by atoms with Crippen molar-refractivity contribution in [2.75, 3.05) is 13.2 Å². The Hall–Kier alpha value is 1.40. The summed E-state index contributed by atoms with van der Waals surface area (Å²) in [4.78, 5) is 0. The van der Waals surface area contributed by atoms with Crippen LogP contribution in [-0.2, 0) is 20.9 Å². The van der Waals surface area contributed by atoms with Crippen LogP contribution in [0.15, 0.2) is 0 Å². The Bertz CT molecular complexity index is 122. The van der Waals surface area contributed by atoms with Crippen LogP contribution in [0.3, 0.4) is 0 Å². The van der Waals surface area contributed by atoms with Crippen molar-refractivity contribution in [3.63, 3.8) is 0 Å². The van der Waals surface area contributed by atoms with E-state index in [1.54, 1.807) is 0 Å². The minimum atomic E-state index is -2.03. The van der Waals surface area contributed by atoms with Gasteiger partial charge >= 0.3 is 0 Å². The smallest absolute Gasteiger partial charge is 0.258 e. The Labute approximate surface area is 78.2 Å². The average molecular weight is 265 g/mol. The Morgan fingerprint density at radius 3 is 2.00 bits per heavy atom. The number of hydrogen-bond donors (Lipinski definition) is 0. The fourth-order valence-corrected chi connectivity index (χ4v) is 4.19. The van der Waals surface area contributed by atoms with Crippen LogP contribution in [0.1, 0.15) is 13.8 Å². The average Bonchev–Trinajstić information content (AvgIpc) is 1.89. The van der Waals surface area contributed by atoms with Crippen LogP contribution in [0.5, 0.6) is 0 Å². The highest BCUT2D eigenvalue weighted by Crippen LogP contribution is 2.63. The lowest BCUT2D eigenvalue weighted by molar-refractivity contribution is 0.281. The fraction of sp³-hybridized carbons (Fsp3) is 1.00. The molecule has 0 aliphatic heterocycles. The molecule has 6 heteroatoms. The molecule has 0 heterocycles. The van der Waals surface area contributed by atoms with Gasteiger partial charge in [0.25, 0.3) is 5.69 Å². The first-order chi connectivity index (χ1) is 4.68. The fourth-order valence-electron chi connectivity index (χ4n) is 0.393. The van der Waals surface area contributed by atoms with Crippen molar-refractivity contribution in [2.24, 2.45) is 0 Å². The van der Waals surface area contributed by atoms with E-state index in [9.17, 15) is 0 Å². The van der Waals surface area contributed by atoms with Crippen molar-refractivity contribution in [3.05, 3.63) is 0 Å². The highest BCUT2D eigenvalue weighted by atomic mass is 79.9. The van der Waals surface area contributed by atoms with E-state index >= 15 is 0 Å². The summed E-state index contributed by atoms with van der Waals surface area (Å²) in [6.07, 6.45) is 0. The lowest BCUT2D eigenvalue weighted by Crippen LogP contribution is -1.89. The van der Waals surface area contributed by atoms with Gasteiger partial charge in [0.15, 0.2) is 0 Å². The lowest BCUT2D eigenvalue weighted by atomic mass is 10.9. The van der Waals surface area contributed by atoms with Gasteiger partial charge in [0.1, 0.15) is 0 Å². The van der Waals surface area contributed by atoms with E-state index in [0.29, 0.717) is 13.2 Å². The Morgan fingerprint density at radius 1 is 1.40 bits per heavy atom. The molecule has 10 heavy (non-hydrogen) atoms. The van der Waals surface area contributed by atoms with Crippen molar-refractivity contribution < 1.29 is 9.05 Å². The molecule has 0 aromatic carbocycles. The van der Waals surface area contributed by atoms with Crippen LogP contribution in [0.4, 0.5) is 0 Å². The lowest BCUT2D eigenvalue weighted by Gasteiger charge is -2.15. The Morgan fingerprint density at radius 2 is 1.80 bits per heavy atom. The molecule has 0 radical (unpaired) electrons. The van der Waals surface area contributed by atoms with Gasteiger partial charge in [-0.3, -0.25) is 0 Å². The second-order valence-corrected chi connectivity index (χ2v) is 9.50. The summed E-state index contributed by atoms with van der Waals surface area (Å²) in [5.74, 6) is 0. The van der Waals surface area contributed by atoms with E-state index in [2.05, 4.69) is 14.8 Å². The zero-order chi connectivity index (χ0) is 8.04. The Balaban J connectivity index is 3.83. The molecule has 0 saturated carbocycles. The summed E-state index contributed by atoms with van der Waals surface area (Å²) < 4.78 is 10.5. The van der Waals surface area contributed by atoms with Crippen molar-refractivity contribution in [2.45, 2.75) is 13.8 Å². The van der Waals surface area contributed by atoms with Crippen LogP contribution in [0.2, 0.25) is 0 Å². The summed E-state index contributed by atoms with van der Waals surface area (Å²) >= 11 is 8.27. The van der Waals surface area contributed by atoms with Gasteiger partial charge < -0.3 is 9.05 Å². The molecule has 0 spiro atoms. The third kappa shape index (κ3) is 4.31. The molecule has 0 rings (SSSR count). The second kappa shape index (κ2) is 5.98. The van der Waals surface area contributed by atoms with Gasteiger partial charge in [0.05, 0.1) is 13.2 Å². The summed E-state index contributed by atoms with van der Waals surface area (Å²) in [5.41, 5.74) is -2.03. The second-order valence-electron chi connectivity index (χ2n) is 1.35. The predicted molar refractivity (Wildman–Crippen MR) is 54.1 cm³/mol. The topological polar surface area (TPSA) is 18.5 Å². The highest BCUT2D eigenvalue weighted by Gasteiger charge is 2.16. The van der Waals surface area contributed by atoms with Gasteiger partial charge in [-0.25, -0.2) is 0 Å². The van der Waals surface area contributed by atoms with Gasteiger partial charge in [-0.2, -0.15) is 0 Å². The van der Waals surface area contributed by atoms with Crippen LogP contribution < -0.4 is 0 Å². The molecule has 0 bridgehead atoms. The largest absolute Gasteiger partial charge is 0.321 e. The van der Waals surface area contributed by atoms with Crippen LogP contribution in [-0.4, -0.2) is 13.2 Å². The number of halogens is 1. The summed E-state index contributed by atoms with van der Waals surface area (Å²) in [6, 6.07) is 0. The molecule has 0 N–H and O–H groups in total. The minimum Gasteiger partial charge on any atom is -0.321 e. The minimum absolute atomic E-state index is 0.607. The molecule has 0 aliphatic carbocycles. The molecule has 0 aliphatic rings. The summed E-state index contributed by atoms with van der Waals surface area (Å²) in [5, 5.41) is 0. The normalized spacial score (nSPS) is 11.9. The summed E-state index contributed by atoms with van der Waals surface area (Å²) in [6.45, 7) is 5.03. The maximum Gasteiger partial charge on any atom is 0.258 e. The molecule has 0 amide bonds. The van der Waals surface area contributed by atoms with Gasteiger partial charge in [-0.1, -0.05) is 0 Å². The van der Waals surface area contributed by atoms with Crippen molar-refractivity contribution >= 4 is 42.1 Å². The van der Waals surface area contributed by atoms with E-state index in [0.717, 1.165) is 0 Å². The van der Waals surface area contributed by atoms with Gasteiger partial charge in [0.2, 0.25) is 0 Å². The first-order valence-electron chi connectivity index (χ1n) is 2.88. The maximum atomic E-state index is 5.24. The molecule has 0 aromatic heterocycles. The first kappa shape index (κ1) is 11.4. The van der Waals surface area contributed by atoms with E-state index in [-0.39, 0.29) is 0 Å². The first-order valence-corrected chi connectivity index (χ1v) is 8.78. The van der Waals surface area contributed by atoms with Crippen LogP contribution >= 0.6 is 30.3 Å². The zero-order valence-electron chi connectivity index (χ0n) is 5.87. The molecule has 0 unspecified atom stereocenters. The van der Waals surface area contributed by atoms with Gasteiger partial charge in [-0.05, 0) is 40.5 Å². The van der Waals surface area contributed by atoms with Crippen molar-refractivity contribution in [3.8, 4) is 0 Å². The van der Waals surface area contributed by atoms with Crippen molar-refractivity contribution in [1.29, 1.82) is 0 Å². The molecule has 0 aromatic rings. The predicted octanol–water partition coefficient (Wildman–Crippen LogP) is 3.33. The van der Waals surface area contributed by atoms with E-state index in [1.165, 1.54) is 9.82 Å². The Kier molecular flexibility index (Phi) is 6.81. The summed E-state index contributed by atoms with van der Waals surface area (Å²) in [7, 11) is 1.32. The third-order valence-electron chi connectivity index (χ3n) is 0.659. The molecular formula is C4H10BrO2PS2. The van der Waals surface area contributed by atoms with E-state index < -0.39 is 5.69 Å². The molecule has 0 atom stereocenters. The number of hydrogen-bond acceptors (Lipinski definition) is 4. The highest BCUT2D eigenvalue weighted by molar-refractivity contribution is 9.58. The molecule has 62 valence electrons. The van der Waals surface area contributed by atoms with Crippen LogP contribution in [0, 0.1) is 0 Å². The molecule has 0 fully saturated rings. The maximum absolute atomic E-state index is 5.24. The SMILES string of the molecule is CCOP(=S)(OCC)SBr. The quantitative estimate of drug-likeness (QED) is 0.709. The monoisotopic (exact) mass is 264 g/mol. The molecule has 0 saturated heterocycles. The van der Waals surface area contributed by atoms with E-state index in [1.807, 2.05) is 13.8 Å². The van der Waals surface area contributed by atoms with Gasteiger partial charge in [-0.15, -0.1) is 0 Å². The third-order valence-corrected chi connectivity index (χ3v) is 9.58. The number of rotatable bonds is 5. The van der Waals surface area contributed by atoms with E-state index in [4.69, 9.17) is 20.9 Å². The van der Waals surface area contributed by atoms with Gasteiger partial charge in [0, 0.05) is 9.82 Å². The van der Waals surface area contributed by atoms with Crippen molar-refractivity contribution in [1.82, 2.24) is 0 Å². The standard InChI is InChI=1S/C4H10BrO2PS2/c1-3-6-8(9,10-5)7-4-2/h3-4H2,1-2H3. The molecular weight excluding hydrogens is 255 g/mol.